The Hall–Kier alpha value is -2.46. The molecule has 33 heavy (non-hydrogen) atoms. The lowest BCUT2D eigenvalue weighted by Gasteiger charge is -2.22. The molecular weight excluding hydrogens is 446 g/mol. The minimum atomic E-state index is -3.61. The molecule has 2 amide bonds. The van der Waals surface area contributed by atoms with Crippen molar-refractivity contribution < 1.29 is 27.5 Å². The van der Waals surface area contributed by atoms with Crippen LogP contribution < -0.4 is 10.6 Å². The highest BCUT2D eigenvalue weighted by Gasteiger charge is 2.23. The Morgan fingerprint density at radius 2 is 1.64 bits per heavy atom. The summed E-state index contributed by atoms with van der Waals surface area (Å²) in [6.45, 7) is 5.87. The summed E-state index contributed by atoms with van der Waals surface area (Å²) < 4.78 is 31.5. The van der Waals surface area contributed by atoms with Gasteiger partial charge >= 0.3 is 5.97 Å². The van der Waals surface area contributed by atoms with E-state index in [1.54, 1.807) is 13.8 Å². The van der Waals surface area contributed by atoms with Gasteiger partial charge in [-0.15, -0.1) is 0 Å². The molecule has 0 radical (unpaired) electrons. The second-order valence-electron chi connectivity index (χ2n) is 8.18. The van der Waals surface area contributed by atoms with Crippen molar-refractivity contribution in [2.45, 2.75) is 63.9 Å². The Balaban J connectivity index is 1.79. The highest BCUT2D eigenvalue weighted by molar-refractivity contribution is 7.89. The Morgan fingerprint density at radius 3 is 2.21 bits per heavy atom. The van der Waals surface area contributed by atoms with Crippen molar-refractivity contribution in [3.05, 3.63) is 29.8 Å². The normalized spacial score (nSPS) is 15.6. The average Bonchev–Trinajstić information content (AvgIpc) is 2.82. The van der Waals surface area contributed by atoms with Gasteiger partial charge in [0.1, 0.15) is 6.54 Å². The first kappa shape index (κ1) is 26.8. The average molecular weight is 482 g/mol. The van der Waals surface area contributed by atoms with Crippen LogP contribution in [0.25, 0.3) is 0 Å². The third-order valence-corrected chi connectivity index (χ3v) is 7.88. The Morgan fingerprint density at radius 1 is 1.03 bits per heavy atom. The summed E-state index contributed by atoms with van der Waals surface area (Å²) in [6, 6.07) is 5.50. The first-order chi connectivity index (χ1) is 15.7. The number of hydrogen-bond acceptors (Lipinski definition) is 6. The smallest absolute Gasteiger partial charge is 0.326 e. The topological polar surface area (TPSA) is 122 Å². The van der Waals surface area contributed by atoms with Crippen LogP contribution in [0.5, 0.6) is 0 Å². The molecule has 1 atom stereocenters. The second-order valence-corrected chi connectivity index (χ2v) is 10.1. The monoisotopic (exact) mass is 481 g/mol. The Labute approximate surface area is 196 Å². The van der Waals surface area contributed by atoms with E-state index in [-0.39, 0.29) is 16.4 Å². The SMILES string of the molecule is CCN(CC)S(=O)(=O)c1ccc(C(=O)NCC(=O)OC(C)C(=O)NCC2CCCCC2)cc1. The fourth-order valence-corrected chi connectivity index (χ4v) is 5.28. The lowest BCUT2D eigenvalue weighted by atomic mass is 9.89. The molecule has 1 unspecified atom stereocenters. The highest BCUT2D eigenvalue weighted by atomic mass is 32.2. The molecule has 9 nitrogen and oxygen atoms in total. The Bertz CT molecular complexity index is 907. The van der Waals surface area contributed by atoms with Crippen molar-refractivity contribution in [2.24, 2.45) is 5.92 Å². The summed E-state index contributed by atoms with van der Waals surface area (Å²) in [5, 5.41) is 5.25. The van der Waals surface area contributed by atoms with Gasteiger partial charge in [-0.3, -0.25) is 14.4 Å². The van der Waals surface area contributed by atoms with Gasteiger partial charge in [0.2, 0.25) is 10.0 Å². The molecule has 1 aromatic carbocycles. The second kappa shape index (κ2) is 12.7. The number of benzene rings is 1. The maximum Gasteiger partial charge on any atom is 0.326 e. The summed E-state index contributed by atoms with van der Waals surface area (Å²) >= 11 is 0. The van der Waals surface area contributed by atoms with Crippen LogP contribution in [0.4, 0.5) is 0 Å². The molecule has 1 saturated carbocycles. The van der Waals surface area contributed by atoms with Crippen molar-refractivity contribution in [2.75, 3.05) is 26.2 Å². The highest BCUT2D eigenvalue weighted by Crippen LogP contribution is 2.22. The molecular formula is C23H35N3O6S. The summed E-state index contributed by atoms with van der Waals surface area (Å²) in [6.07, 6.45) is 4.84. The molecule has 1 fully saturated rings. The first-order valence-electron chi connectivity index (χ1n) is 11.5. The zero-order valence-electron chi connectivity index (χ0n) is 19.6. The molecule has 1 aromatic rings. The Kier molecular flexibility index (Phi) is 10.3. The molecule has 0 heterocycles. The summed E-state index contributed by atoms with van der Waals surface area (Å²) in [7, 11) is -3.61. The van der Waals surface area contributed by atoms with Gasteiger partial charge in [0.25, 0.3) is 11.8 Å². The van der Waals surface area contributed by atoms with Crippen LogP contribution in [0.3, 0.4) is 0 Å². The van der Waals surface area contributed by atoms with E-state index in [0.29, 0.717) is 25.6 Å². The maximum absolute atomic E-state index is 12.5. The number of carbonyl (C=O) groups excluding carboxylic acids is 3. The third kappa shape index (κ3) is 7.82. The molecule has 0 spiro atoms. The van der Waals surface area contributed by atoms with Crippen LogP contribution in [0.1, 0.15) is 63.2 Å². The van der Waals surface area contributed by atoms with Gasteiger partial charge in [0, 0.05) is 25.2 Å². The molecule has 184 valence electrons. The van der Waals surface area contributed by atoms with Gasteiger partial charge in [-0.25, -0.2) is 8.42 Å². The molecule has 0 aliphatic heterocycles. The number of esters is 1. The number of nitrogens with one attached hydrogen (secondary N) is 2. The minimum Gasteiger partial charge on any atom is -0.451 e. The van der Waals surface area contributed by atoms with E-state index in [2.05, 4.69) is 10.6 Å². The molecule has 1 aliphatic carbocycles. The van der Waals surface area contributed by atoms with Crippen molar-refractivity contribution in [3.8, 4) is 0 Å². The van der Waals surface area contributed by atoms with Crippen LogP contribution in [-0.2, 0) is 24.3 Å². The van der Waals surface area contributed by atoms with E-state index in [4.69, 9.17) is 4.74 Å². The number of sulfonamides is 1. The predicted molar refractivity (Wildman–Crippen MR) is 124 cm³/mol. The maximum atomic E-state index is 12.5. The number of hydrogen-bond donors (Lipinski definition) is 2. The van der Waals surface area contributed by atoms with Crippen LogP contribution in [0.15, 0.2) is 29.2 Å². The first-order valence-corrected chi connectivity index (χ1v) is 13.0. The summed E-state index contributed by atoms with van der Waals surface area (Å²) in [5.74, 6) is -1.17. The fourth-order valence-electron chi connectivity index (χ4n) is 3.82. The van der Waals surface area contributed by atoms with Crippen LogP contribution in [0, 0.1) is 5.92 Å². The standard InChI is InChI=1S/C23H35N3O6S/c1-4-26(5-2)33(30,31)20-13-11-19(12-14-20)23(29)25-16-21(27)32-17(3)22(28)24-15-18-9-7-6-8-10-18/h11-14,17-18H,4-10,15-16H2,1-3H3,(H,24,28)(H,25,29). The zero-order chi connectivity index (χ0) is 24.4. The molecule has 0 bridgehead atoms. The molecule has 0 aromatic heterocycles. The van der Waals surface area contributed by atoms with Gasteiger partial charge in [0.05, 0.1) is 4.90 Å². The lowest BCUT2D eigenvalue weighted by molar-refractivity contribution is -0.153. The van der Waals surface area contributed by atoms with Gasteiger partial charge in [0.15, 0.2) is 6.10 Å². The lowest BCUT2D eigenvalue weighted by Crippen LogP contribution is -2.40. The van der Waals surface area contributed by atoms with Crippen molar-refractivity contribution in [1.82, 2.24) is 14.9 Å². The van der Waals surface area contributed by atoms with Gasteiger partial charge in [-0.1, -0.05) is 33.1 Å². The summed E-state index contributed by atoms with van der Waals surface area (Å²) in [5.41, 5.74) is 0.208. The van der Waals surface area contributed by atoms with E-state index in [9.17, 15) is 22.8 Å². The zero-order valence-corrected chi connectivity index (χ0v) is 20.4. The van der Waals surface area contributed by atoms with E-state index in [0.717, 1.165) is 12.8 Å². The van der Waals surface area contributed by atoms with Gasteiger partial charge in [-0.05, 0) is 49.9 Å². The number of ether oxygens (including phenoxy) is 1. The van der Waals surface area contributed by atoms with E-state index in [1.807, 2.05) is 0 Å². The fraction of sp³-hybridized carbons (Fsp3) is 0.609. The van der Waals surface area contributed by atoms with Crippen molar-refractivity contribution >= 4 is 27.8 Å². The van der Waals surface area contributed by atoms with E-state index in [1.165, 1.54) is 54.8 Å². The van der Waals surface area contributed by atoms with E-state index < -0.39 is 34.5 Å². The number of nitrogens with zero attached hydrogens (tertiary/aromatic N) is 1. The molecule has 2 N–H and O–H groups in total. The number of amides is 2. The molecule has 10 heteroatoms. The largest absolute Gasteiger partial charge is 0.451 e. The van der Waals surface area contributed by atoms with Crippen molar-refractivity contribution in [3.63, 3.8) is 0 Å². The number of carbonyl (C=O) groups is 3. The van der Waals surface area contributed by atoms with Crippen molar-refractivity contribution in [1.29, 1.82) is 0 Å². The van der Waals surface area contributed by atoms with Gasteiger partial charge < -0.3 is 15.4 Å². The number of rotatable bonds is 11. The third-order valence-electron chi connectivity index (χ3n) is 5.82. The molecule has 2 rings (SSSR count). The van der Waals surface area contributed by atoms with E-state index >= 15 is 0 Å². The molecule has 0 saturated heterocycles. The minimum absolute atomic E-state index is 0.0928. The summed E-state index contributed by atoms with van der Waals surface area (Å²) in [4.78, 5) is 36.6. The van der Waals surface area contributed by atoms with Gasteiger partial charge in [-0.2, -0.15) is 4.31 Å². The van der Waals surface area contributed by atoms with Crippen LogP contribution >= 0.6 is 0 Å². The predicted octanol–water partition coefficient (Wildman–Crippen LogP) is 2.08. The van der Waals surface area contributed by atoms with Crippen LogP contribution in [-0.4, -0.2) is 62.8 Å². The quantitative estimate of drug-likeness (QED) is 0.467. The molecule has 1 aliphatic rings. The van der Waals surface area contributed by atoms with Crippen LogP contribution in [0.2, 0.25) is 0 Å².